The summed E-state index contributed by atoms with van der Waals surface area (Å²) in [6.45, 7) is 4.80. The van der Waals surface area contributed by atoms with Crippen molar-refractivity contribution in [3.05, 3.63) is 32.4 Å². The van der Waals surface area contributed by atoms with Crippen LogP contribution in [0.2, 0.25) is 0 Å². The molecule has 1 atom stereocenters. The van der Waals surface area contributed by atoms with E-state index in [0.29, 0.717) is 5.69 Å². The molecule has 1 N–H and O–H groups in total. The van der Waals surface area contributed by atoms with Gasteiger partial charge in [0.1, 0.15) is 6.10 Å². The molecule has 0 radical (unpaired) electrons. The number of aryl methyl sites for hydroxylation is 2. The van der Waals surface area contributed by atoms with E-state index < -0.39 is 6.10 Å². The van der Waals surface area contributed by atoms with Gasteiger partial charge in [-0.05, 0) is 29.3 Å². The summed E-state index contributed by atoms with van der Waals surface area (Å²) in [5.74, 6) is 0. The molecule has 0 aliphatic heterocycles. The van der Waals surface area contributed by atoms with E-state index in [-0.39, 0.29) is 0 Å². The Morgan fingerprint density at radius 1 is 1.59 bits per heavy atom. The Hall–Kier alpha value is -0.720. The van der Waals surface area contributed by atoms with Gasteiger partial charge in [0.25, 0.3) is 0 Å². The van der Waals surface area contributed by atoms with Gasteiger partial charge >= 0.3 is 0 Å². The Kier molecular flexibility index (Phi) is 3.96. The number of aromatic nitrogens is 3. The Morgan fingerprint density at radius 3 is 2.94 bits per heavy atom. The molecule has 92 valence electrons. The van der Waals surface area contributed by atoms with E-state index in [0.717, 1.165) is 28.1 Å². The summed E-state index contributed by atoms with van der Waals surface area (Å²) in [4.78, 5) is 4.32. The number of aliphatic hydroxyl groups is 1. The predicted octanol–water partition coefficient (Wildman–Crippen LogP) is 2.90. The monoisotopic (exact) mass is 315 g/mol. The van der Waals surface area contributed by atoms with Crippen molar-refractivity contribution in [3.63, 3.8) is 0 Å². The summed E-state index contributed by atoms with van der Waals surface area (Å²) in [7, 11) is 0. The molecule has 2 aromatic heterocycles. The van der Waals surface area contributed by atoms with Crippen LogP contribution < -0.4 is 0 Å². The van der Waals surface area contributed by atoms with Crippen molar-refractivity contribution < 1.29 is 5.11 Å². The van der Waals surface area contributed by atoms with Crippen molar-refractivity contribution >= 4 is 27.3 Å². The summed E-state index contributed by atoms with van der Waals surface area (Å²) in [5.41, 5.74) is 1.46. The highest BCUT2D eigenvalue weighted by molar-refractivity contribution is 9.10. The van der Waals surface area contributed by atoms with Gasteiger partial charge in [0.2, 0.25) is 0 Å². The number of hydrogen-bond acceptors (Lipinski definition) is 4. The zero-order valence-electron chi connectivity index (χ0n) is 9.72. The van der Waals surface area contributed by atoms with E-state index in [1.54, 1.807) is 6.20 Å². The summed E-state index contributed by atoms with van der Waals surface area (Å²) in [6, 6.07) is 0. The number of aliphatic hydroxyl groups excluding tert-OH is 1. The number of thiazole rings is 1. The highest BCUT2D eigenvalue weighted by atomic mass is 79.9. The molecule has 0 aliphatic carbocycles. The van der Waals surface area contributed by atoms with Crippen LogP contribution in [-0.4, -0.2) is 19.9 Å². The second-order valence-electron chi connectivity index (χ2n) is 3.79. The van der Waals surface area contributed by atoms with Gasteiger partial charge in [0.15, 0.2) is 0 Å². The zero-order valence-corrected chi connectivity index (χ0v) is 12.1. The lowest BCUT2D eigenvalue weighted by Gasteiger charge is -2.11. The molecular weight excluding hydrogens is 302 g/mol. The Balaban J connectivity index is 2.35. The van der Waals surface area contributed by atoms with Gasteiger partial charge in [-0.15, -0.1) is 11.3 Å². The largest absolute Gasteiger partial charge is 0.380 e. The fraction of sp³-hybridized carbons (Fsp3) is 0.455. The SMILES string of the molecule is CCCn1ncc(Br)c1C(O)c1csc(C)n1. The van der Waals surface area contributed by atoms with Crippen LogP contribution in [0, 0.1) is 6.92 Å². The Bertz CT molecular complexity index is 509. The predicted molar refractivity (Wildman–Crippen MR) is 71.1 cm³/mol. The van der Waals surface area contributed by atoms with Crippen molar-refractivity contribution in [1.29, 1.82) is 0 Å². The maximum absolute atomic E-state index is 10.3. The van der Waals surface area contributed by atoms with Crippen LogP contribution in [-0.2, 0) is 6.54 Å². The minimum absolute atomic E-state index is 0.686. The molecule has 0 aliphatic rings. The van der Waals surface area contributed by atoms with Crippen LogP contribution in [0.5, 0.6) is 0 Å². The minimum atomic E-state index is -0.719. The van der Waals surface area contributed by atoms with Crippen molar-refractivity contribution in [1.82, 2.24) is 14.8 Å². The lowest BCUT2D eigenvalue weighted by atomic mass is 10.2. The van der Waals surface area contributed by atoms with Crippen LogP contribution in [0.15, 0.2) is 16.0 Å². The molecule has 0 bridgehead atoms. The van der Waals surface area contributed by atoms with Crippen LogP contribution in [0.1, 0.15) is 35.8 Å². The molecule has 0 fully saturated rings. The van der Waals surface area contributed by atoms with E-state index in [2.05, 4.69) is 32.9 Å². The van der Waals surface area contributed by atoms with Crippen molar-refractivity contribution in [3.8, 4) is 0 Å². The molecule has 6 heteroatoms. The van der Waals surface area contributed by atoms with Gasteiger partial charge in [-0.2, -0.15) is 5.10 Å². The standard InChI is InChI=1S/C11H14BrN3OS/c1-3-4-15-10(8(12)5-13-15)11(16)9-6-17-7(2)14-9/h5-6,11,16H,3-4H2,1-2H3. The quantitative estimate of drug-likeness (QED) is 0.943. The summed E-state index contributed by atoms with van der Waals surface area (Å²) >= 11 is 4.96. The number of rotatable bonds is 4. The lowest BCUT2D eigenvalue weighted by molar-refractivity contribution is 0.202. The third-order valence-electron chi connectivity index (χ3n) is 2.44. The second-order valence-corrected chi connectivity index (χ2v) is 5.71. The molecule has 0 aromatic carbocycles. The highest BCUT2D eigenvalue weighted by Gasteiger charge is 2.21. The third-order valence-corrected chi connectivity index (χ3v) is 3.85. The van der Waals surface area contributed by atoms with Gasteiger partial charge in [-0.25, -0.2) is 4.98 Å². The smallest absolute Gasteiger partial charge is 0.139 e. The molecule has 0 spiro atoms. The first-order chi connectivity index (χ1) is 8.13. The maximum atomic E-state index is 10.3. The fourth-order valence-electron chi connectivity index (χ4n) is 1.68. The first kappa shape index (κ1) is 12.7. The lowest BCUT2D eigenvalue weighted by Crippen LogP contribution is -2.11. The second kappa shape index (κ2) is 5.29. The molecule has 17 heavy (non-hydrogen) atoms. The molecule has 4 nitrogen and oxygen atoms in total. The number of hydrogen-bond donors (Lipinski definition) is 1. The molecule has 2 rings (SSSR count). The van der Waals surface area contributed by atoms with Gasteiger partial charge in [-0.3, -0.25) is 4.68 Å². The van der Waals surface area contributed by atoms with Crippen LogP contribution in [0.25, 0.3) is 0 Å². The van der Waals surface area contributed by atoms with E-state index >= 15 is 0 Å². The molecular formula is C11H14BrN3OS. The van der Waals surface area contributed by atoms with Gasteiger partial charge in [0, 0.05) is 11.9 Å². The zero-order chi connectivity index (χ0) is 12.4. The maximum Gasteiger partial charge on any atom is 0.139 e. The average Bonchev–Trinajstić information content (AvgIpc) is 2.86. The Morgan fingerprint density at radius 2 is 2.35 bits per heavy atom. The normalized spacial score (nSPS) is 12.9. The first-order valence-corrected chi connectivity index (χ1v) is 7.12. The van der Waals surface area contributed by atoms with Crippen LogP contribution in [0.3, 0.4) is 0 Å². The van der Waals surface area contributed by atoms with E-state index in [4.69, 9.17) is 0 Å². The summed E-state index contributed by atoms with van der Waals surface area (Å²) < 4.78 is 2.65. The van der Waals surface area contributed by atoms with E-state index in [1.165, 1.54) is 11.3 Å². The molecule has 0 saturated heterocycles. The number of halogens is 1. The number of nitrogens with zero attached hydrogens (tertiary/aromatic N) is 3. The summed E-state index contributed by atoms with van der Waals surface area (Å²) in [6.07, 6.45) is 1.97. The van der Waals surface area contributed by atoms with Crippen molar-refractivity contribution in [2.24, 2.45) is 0 Å². The van der Waals surface area contributed by atoms with Crippen LogP contribution in [0.4, 0.5) is 0 Å². The van der Waals surface area contributed by atoms with Crippen molar-refractivity contribution in [2.75, 3.05) is 0 Å². The van der Waals surface area contributed by atoms with Gasteiger partial charge in [-0.1, -0.05) is 6.92 Å². The van der Waals surface area contributed by atoms with E-state index in [9.17, 15) is 5.11 Å². The van der Waals surface area contributed by atoms with E-state index in [1.807, 2.05) is 17.0 Å². The topological polar surface area (TPSA) is 50.9 Å². The summed E-state index contributed by atoms with van der Waals surface area (Å²) in [5, 5.41) is 17.4. The van der Waals surface area contributed by atoms with Gasteiger partial charge < -0.3 is 5.11 Å². The highest BCUT2D eigenvalue weighted by Crippen LogP contribution is 2.29. The van der Waals surface area contributed by atoms with Crippen LogP contribution >= 0.6 is 27.3 Å². The molecule has 2 heterocycles. The third kappa shape index (κ3) is 2.59. The minimum Gasteiger partial charge on any atom is -0.380 e. The first-order valence-electron chi connectivity index (χ1n) is 5.44. The molecule has 0 saturated carbocycles. The van der Waals surface area contributed by atoms with Crippen molar-refractivity contribution in [2.45, 2.75) is 32.9 Å². The molecule has 1 unspecified atom stereocenters. The fourth-order valence-corrected chi connectivity index (χ4v) is 2.82. The average molecular weight is 316 g/mol. The molecule has 2 aromatic rings. The Labute approximate surface area is 112 Å². The van der Waals surface area contributed by atoms with Gasteiger partial charge in [0.05, 0.1) is 27.1 Å². The molecule has 0 amide bonds.